The highest BCUT2D eigenvalue weighted by molar-refractivity contribution is 7.14. The van der Waals surface area contributed by atoms with Gasteiger partial charge >= 0.3 is 5.97 Å². The number of rotatable bonds is 2. The van der Waals surface area contributed by atoms with Crippen LogP contribution in [0.15, 0.2) is 29.6 Å². The number of aryl methyl sites for hydroxylation is 1. The molecule has 2 aromatic rings. The Kier molecular flexibility index (Phi) is 2.99. The molecule has 0 atom stereocenters. The van der Waals surface area contributed by atoms with Gasteiger partial charge in [-0.3, -0.25) is 0 Å². The molecule has 0 saturated heterocycles. The van der Waals surface area contributed by atoms with Gasteiger partial charge in [-0.15, -0.1) is 11.3 Å². The summed E-state index contributed by atoms with van der Waals surface area (Å²) in [6.45, 7) is 1.87. The zero-order chi connectivity index (χ0) is 11.7. The Morgan fingerprint density at radius 2 is 2.12 bits per heavy atom. The van der Waals surface area contributed by atoms with Crippen molar-refractivity contribution in [3.63, 3.8) is 0 Å². The summed E-state index contributed by atoms with van der Waals surface area (Å²) in [7, 11) is 0. The second-order valence-corrected chi connectivity index (χ2v) is 4.78. The van der Waals surface area contributed by atoms with Gasteiger partial charge in [-0.1, -0.05) is 29.3 Å². The minimum atomic E-state index is -0.928. The van der Waals surface area contributed by atoms with Crippen LogP contribution in [0.4, 0.5) is 0 Å². The molecule has 0 bridgehead atoms. The van der Waals surface area contributed by atoms with E-state index >= 15 is 0 Å². The average molecular weight is 253 g/mol. The Hall–Kier alpha value is -1.32. The van der Waals surface area contributed by atoms with Gasteiger partial charge < -0.3 is 5.11 Å². The van der Waals surface area contributed by atoms with Gasteiger partial charge in [0.1, 0.15) is 0 Å². The third-order valence-electron chi connectivity index (χ3n) is 2.27. The number of carbonyl (C=O) groups is 1. The molecule has 1 heterocycles. The fourth-order valence-corrected chi connectivity index (χ4v) is 2.72. The van der Waals surface area contributed by atoms with E-state index in [0.717, 1.165) is 10.4 Å². The summed E-state index contributed by atoms with van der Waals surface area (Å²) in [5.41, 5.74) is 1.90. The SMILES string of the molecule is Cc1ccc(-c2sccc2Cl)c(C(=O)O)c1. The summed E-state index contributed by atoms with van der Waals surface area (Å²) in [5, 5.41) is 11.6. The lowest BCUT2D eigenvalue weighted by Crippen LogP contribution is -1.99. The number of carboxylic acid groups (broad SMARTS) is 1. The minimum absolute atomic E-state index is 0.296. The van der Waals surface area contributed by atoms with Crippen LogP contribution in [0.25, 0.3) is 10.4 Å². The summed E-state index contributed by atoms with van der Waals surface area (Å²) >= 11 is 7.45. The van der Waals surface area contributed by atoms with Crippen molar-refractivity contribution < 1.29 is 9.90 Å². The molecule has 0 spiro atoms. The molecule has 0 radical (unpaired) electrons. The lowest BCUT2D eigenvalue weighted by atomic mass is 10.0. The Balaban J connectivity index is 2.65. The quantitative estimate of drug-likeness (QED) is 0.875. The number of carboxylic acids is 1. The number of halogens is 1. The van der Waals surface area contributed by atoms with Crippen LogP contribution in [0.2, 0.25) is 5.02 Å². The fraction of sp³-hybridized carbons (Fsp3) is 0.0833. The van der Waals surface area contributed by atoms with Gasteiger partial charge in [-0.05, 0) is 24.4 Å². The maximum absolute atomic E-state index is 11.1. The number of benzene rings is 1. The van der Waals surface area contributed by atoms with Crippen LogP contribution in [0.1, 0.15) is 15.9 Å². The maximum Gasteiger partial charge on any atom is 0.336 e. The first-order valence-corrected chi connectivity index (χ1v) is 5.92. The van der Waals surface area contributed by atoms with Gasteiger partial charge in [0.05, 0.1) is 15.5 Å². The second-order valence-electron chi connectivity index (χ2n) is 3.45. The molecule has 1 aromatic heterocycles. The van der Waals surface area contributed by atoms with Crippen molar-refractivity contribution in [3.05, 3.63) is 45.8 Å². The number of hydrogen-bond donors (Lipinski definition) is 1. The van der Waals surface area contributed by atoms with Gasteiger partial charge in [0, 0.05) is 5.56 Å². The molecule has 0 amide bonds. The molecule has 0 aliphatic carbocycles. The molecule has 1 aromatic carbocycles. The highest BCUT2D eigenvalue weighted by Gasteiger charge is 2.14. The van der Waals surface area contributed by atoms with Crippen LogP contribution in [-0.4, -0.2) is 11.1 Å². The molecule has 0 saturated carbocycles. The zero-order valence-electron chi connectivity index (χ0n) is 8.53. The molecule has 16 heavy (non-hydrogen) atoms. The van der Waals surface area contributed by atoms with E-state index in [2.05, 4.69) is 0 Å². The Morgan fingerprint density at radius 3 is 2.69 bits per heavy atom. The molecule has 82 valence electrons. The van der Waals surface area contributed by atoms with Crippen LogP contribution in [0, 0.1) is 6.92 Å². The van der Waals surface area contributed by atoms with E-state index < -0.39 is 5.97 Å². The second kappa shape index (κ2) is 4.28. The van der Waals surface area contributed by atoms with Crippen molar-refractivity contribution in [3.8, 4) is 10.4 Å². The molecular weight excluding hydrogens is 244 g/mol. The topological polar surface area (TPSA) is 37.3 Å². The van der Waals surface area contributed by atoms with Gasteiger partial charge in [0.15, 0.2) is 0 Å². The standard InChI is InChI=1S/C12H9ClO2S/c1-7-2-3-8(9(6-7)12(14)15)11-10(13)4-5-16-11/h2-6H,1H3,(H,14,15). The normalized spacial score (nSPS) is 10.4. The van der Waals surface area contributed by atoms with Crippen molar-refractivity contribution in [2.24, 2.45) is 0 Å². The highest BCUT2D eigenvalue weighted by atomic mass is 35.5. The average Bonchev–Trinajstić information content (AvgIpc) is 2.64. The Morgan fingerprint density at radius 1 is 1.38 bits per heavy atom. The zero-order valence-corrected chi connectivity index (χ0v) is 10.1. The van der Waals surface area contributed by atoms with E-state index in [1.807, 2.05) is 18.4 Å². The fourth-order valence-electron chi connectivity index (χ4n) is 1.52. The smallest absolute Gasteiger partial charge is 0.336 e. The van der Waals surface area contributed by atoms with Crippen LogP contribution in [0.5, 0.6) is 0 Å². The first kappa shape index (κ1) is 11.2. The summed E-state index contributed by atoms with van der Waals surface area (Å²) in [6, 6.07) is 7.12. The van der Waals surface area contributed by atoms with Crippen LogP contribution >= 0.6 is 22.9 Å². The lowest BCUT2D eigenvalue weighted by Gasteiger charge is -2.05. The Labute approximate surface area is 102 Å². The molecule has 0 aliphatic heterocycles. The van der Waals surface area contributed by atoms with Crippen LogP contribution < -0.4 is 0 Å². The first-order valence-electron chi connectivity index (χ1n) is 4.67. The predicted molar refractivity (Wildman–Crippen MR) is 66.5 cm³/mol. The van der Waals surface area contributed by atoms with E-state index in [4.69, 9.17) is 16.7 Å². The monoisotopic (exact) mass is 252 g/mol. The van der Waals surface area contributed by atoms with E-state index in [-0.39, 0.29) is 0 Å². The van der Waals surface area contributed by atoms with E-state index in [1.165, 1.54) is 11.3 Å². The number of aromatic carboxylic acids is 1. The Bertz CT molecular complexity index is 546. The van der Waals surface area contributed by atoms with Crippen molar-refractivity contribution in [1.29, 1.82) is 0 Å². The van der Waals surface area contributed by atoms with Gasteiger partial charge in [0.2, 0.25) is 0 Å². The van der Waals surface area contributed by atoms with Crippen molar-refractivity contribution in [1.82, 2.24) is 0 Å². The molecule has 1 N–H and O–H groups in total. The number of thiophene rings is 1. The van der Waals surface area contributed by atoms with Crippen molar-refractivity contribution in [2.45, 2.75) is 6.92 Å². The highest BCUT2D eigenvalue weighted by Crippen LogP contribution is 2.35. The lowest BCUT2D eigenvalue weighted by molar-refractivity contribution is 0.0697. The predicted octanol–water partition coefficient (Wildman–Crippen LogP) is 4.08. The molecule has 2 rings (SSSR count). The summed E-state index contributed by atoms with van der Waals surface area (Å²) in [5.74, 6) is -0.928. The molecular formula is C12H9ClO2S. The molecule has 0 fully saturated rings. The molecule has 0 aliphatic rings. The largest absolute Gasteiger partial charge is 0.478 e. The summed E-state index contributed by atoms with van der Waals surface area (Å²) < 4.78 is 0. The van der Waals surface area contributed by atoms with Gasteiger partial charge in [0.25, 0.3) is 0 Å². The van der Waals surface area contributed by atoms with Crippen molar-refractivity contribution >= 4 is 28.9 Å². The molecule has 0 unspecified atom stereocenters. The van der Waals surface area contributed by atoms with E-state index in [9.17, 15) is 4.79 Å². The maximum atomic E-state index is 11.1. The van der Waals surface area contributed by atoms with Gasteiger partial charge in [-0.2, -0.15) is 0 Å². The molecule has 4 heteroatoms. The molecule has 2 nitrogen and oxygen atoms in total. The van der Waals surface area contributed by atoms with E-state index in [0.29, 0.717) is 16.1 Å². The van der Waals surface area contributed by atoms with E-state index in [1.54, 1.807) is 18.2 Å². The third-order valence-corrected chi connectivity index (χ3v) is 3.64. The third kappa shape index (κ3) is 1.96. The summed E-state index contributed by atoms with van der Waals surface area (Å²) in [4.78, 5) is 11.9. The van der Waals surface area contributed by atoms with Gasteiger partial charge in [-0.25, -0.2) is 4.79 Å². The van der Waals surface area contributed by atoms with Crippen molar-refractivity contribution in [2.75, 3.05) is 0 Å². The first-order chi connectivity index (χ1) is 7.59. The summed E-state index contributed by atoms with van der Waals surface area (Å²) in [6.07, 6.45) is 0. The van der Waals surface area contributed by atoms with Crippen LogP contribution in [-0.2, 0) is 0 Å². The minimum Gasteiger partial charge on any atom is -0.478 e. The van der Waals surface area contributed by atoms with Crippen LogP contribution in [0.3, 0.4) is 0 Å². The number of hydrogen-bond acceptors (Lipinski definition) is 2.